The normalized spacial score (nSPS) is 19.9. The molecule has 1 heterocycles. The third-order valence-electron chi connectivity index (χ3n) is 4.05. The fourth-order valence-corrected chi connectivity index (χ4v) is 4.41. The van der Waals surface area contributed by atoms with Crippen LogP contribution in [-0.2, 0) is 10.0 Å². The Labute approximate surface area is 132 Å². The van der Waals surface area contributed by atoms with Gasteiger partial charge in [0.25, 0.3) is 0 Å². The summed E-state index contributed by atoms with van der Waals surface area (Å²) in [5, 5.41) is 0. The van der Waals surface area contributed by atoms with Crippen molar-refractivity contribution >= 4 is 10.0 Å². The Morgan fingerprint density at radius 3 is 2.64 bits per heavy atom. The van der Waals surface area contributed by atoms with Crippen LogP contribution in [-0.4, -0.2) is 46.6 Å². The lowest BCUT2D eigenvalue weighted by atomic mass is 9.96. The Hall–Kier alpha value is -1.31. The highest BCUT2D eigenvalue weighted by molar-refractivity contribution is 7.89. The second-order valence-electron chi connectivity index (χ2n) is 5.47. The number of nitrogens with two attached hydrogens (primary N) is 1. The first-order chi connectivity index (χ1) is 10.5. The van der Waals surface area contributed by atoms with Gasteiger partial charge in [0.2, 0.25) is 10.0 Å². The molecular weight excluding hydrogens is 304 g/mol. The first-order valence-corrected chi connectivity index (χ1v) is 8.89. The molecule has 0 spiro atoms. The van der Waals surface area contributed by atoms with Gasteiger partial charge in [0.15, 0.2) is 11.5 Å². The highest BCUT2D eigenvalue weighted by Gasteiger charge is 2.30. The molecule has 22 heavy (non-hydrogen) atoms. The first kappa shape index (κ1) is 17.1. The molecule has 124 valence electrons. The number of hydrogen-bond donors (Lipinski definition) is 1. The van der Waals surface area contributed by atoms with Gasteiger partial charge in [0.1, 0.15) is 0 Å². The zero-order valence-corrected chi connectivity index (χ0v) is 13.9. The van der Waals surface area contributed by atoms with Gasteiger partial charge in [0.05, 0.1) is 19.1 Å². The zero-order chi connectivity index (χ0) is 16.2. The van der Waals surface area contributed by atoms with Gasteiger partial charge in [0, 0.05) is 19.2 Å². The van der Waals surface area contributed by atoms with E-state index in [0.717, 1.165) is 19.3 Å². The lowest BCUT2D eigenvalue weighted by molar-refractivity contribution is 0.258. The monoisotopic (exact) mass is 328 g/mol. The van der Waals surface area contributed by atoms with E-state index in [9.17, 15) is 8.42 Å². The van der Waals surface area contributed by atoms with Crippen molar-refractivity contribution in [2.45, 2.75) is 24.2 Å². The van der Waals surface area contributed by atoms with E-state index in [0.29, 0.717) is 37.1 Å². The van der Waals surface area contributed by atoms with Gasteiger partial charge in [-0.25, -0.2) is 8.42 Å². The maximum Gasteiger partial charge on any atom is 0.243 e. The predicted octanol–water partition coefficient (Wildman–Crippen LogP) is 1.45. The first-order valence-electron chi connectivity index (χ1n) is 7.45. The topological polar surface area (TPSA) is 81.9 Å². The van der Waals surface area contributed by atoms with E-state index >= 15 is 0 Å². The van der Waals surface area contributed by atoms with E-state index in [-0.39, 0.29) is 4.90 Å². The lowest BCUT2D eigenvalue weighted by Gasteiger charge is -2.31. The molecule has 7 heteroatoms. The molecule has 1 aromatic carbocycles. The molecular formula is C15H24N2O4S. The van der Waals surface area contributed by atoms with Crippen LogP contribution in [0.25, 0.3) is 0 Å². The summed E-state index contributed by atoms with van der Waals surface area (Å²) in [7, 11) is -0.499. The van der Waals surface area contributed by atoms with Crippen molar-refractivity contribution in [3.63, 3.8) is 0 Å². The molecule has 0 bridgehead atoms. The number of piperidine rings is 1. The van der Waals surface area contributed by atoms with Crippen molar-refractivity contribution in [3.8, 4) is 11.5 Å². The van der Waals surface area contributed by atoms with Crippen LogP contribution >= 0.6 is 0 Å². The molecule has 0 aromatic heterocycles. The van der Waals surface area contributed by atoms with Crippen molar-refractivity contribution < 1.29 is 17.9 Å². The van der Waals surface area contributed by atoms with Crippen LogP contribution < -0.4 is 15.2 Å². The molecule has 1 aliphatic rings. The molecule has 1 aromatic rings. The second kappa shape index (κ2) is 7.30. The number of nitrogens with zero attached hydrogens (tertiary/aromatic N) is 1. The van der Waals surface area contributed by atoms with Crippen LogP contribution in [0.3, 0.4) is 0 Å². The summed E-state index contributed by atoms with van der Waals surface area (Å²) in [5.74, 6) is 1.27. The van der Waals surface area contributed by atoms with Gasteiger partial charge >= 0.3 is 0 Å². The van der Waals surface area contributed by atoms with Crippen molar-refractivity contribution in [1.29, 1.82) is 0 Å². The molecule has 2 N–H and O–H groups in total. The highest BCUT2D eigenvalue weighted by atomic mass is 32.2. The van der Waals surface area contributed by atoms with Crippen molar-refractivity contribution in [2.24, 2.45) is 11.7 Å². The average Bonchev–Trinajstić information content (AvgIpc) is 2.54. The minimum absolute atomic E-state index is 0.235. The third kappa shape index (κ3) is 3.53. The lowest BCUT2D eigenvalue weighted by Crippen LogP contribution is -2.40. The fourth-order valence-electron chi connectivity index (χ4n) is 2.84. The summed E-state index contributed by atoms with van der Waals surface area (Å²) in [6.45, 7) is 1.68. The van der Waals surface area contributed by atoms with Crippen molar-refractivity contribution in [3.05, 3.63) is 18.2 Å². The zero-order valence-electron chi connectivity index (χ0n) is 13.1. The molecule has 2 rings (SSSR count). The summed E-state index contributed by atoms with van der Waals surface area (Å²) in [6, 6.07) is 4.69. The van der Waals surface area contributed by atoms with Gasteiger partial charge in [-0.2, -0.15) is 4.31 Å². The molecule has 1 aliphatic heterocycles. The van der Waals surface area contributed by atoms with Crippen molar-refractivity contribution in [2.75, 3.05) is 33.9 Å². The van der Waals surface area contributed by atoms with Crippen molar-refractivity contribution in [1.82, 2.24) is 4.31 Å². The Kier molecular flexibility index (Phi) is 5.66. The number of rotatable bonds is 6. The maximum atomic E-state index is 12.8. The Morgan fingerprint density at radius 1 is 1.27 bits per heavy atom. The quantitative estimate of drug-likeness (QED) is 0.855. The molecule has 1 atom stereocenters. The number of sulfonamides is 1. The SMILES string of the molecule is COc1ccc(S(=O)(=O)N2CCCC(CCN)C2)cc1OC. The number of hydrogen-bond acceptors (Lipinski definition) is 5. The van der Waals surface area contributed by atoms with Crippen LogP contribution in [0.15, 0.2) is 23.1 Å². The Bertz CT molecular complexity index is 602. The van der Waals surface area contributed by atoms with Gasteiger partial charge in [-0.1, -0.05) is 0 Å². The highest BCUT2D eigenvalue weighted by Crippen LogP contribution is 2.32. The van der Waals surface area contributed by atoms with Crippen LogP contribution in [0.1, 0.15) is 19.3 Å². The number of ether oxygens (including phenoxy) is 2. The third-order valence-corrected chi connectivity index (χ3v) is 5.91. The summed E-state index contributed by atoms with van der Waals surface area (Å²) < 4.78 is 37.5. The molecule has 0 aliphatic carbocycles. The van der Waals surface area contributed by atoms with Crippen LogP contribution in [0.2, 0.25) is 0 Å². The number of methoxy groups -OCH3 is 2. The minimum Gasteiger partial charge on any atom is -0.493 e. The maximum absolute atomic E-state index is 12.8. The molecule has 1 fully saturated rings. The average molecular weight is 328 g/mol. The number of benzene rings is 1. The molecule has 0 saturated carbocycles. The largest absolute Gasteiger partial charge is 0.493 e. The second-order valence-corrected chi connectivity index (χ2v) is 7.40. The van der Waals surface area contributed by atoms with Gasteiger partial charge in [-0.05, 0) is 43.9 Å². The Morgan fingerprint density at radius 2 is 2.00 bits per heavy atom. The predicted molar refractivity (Wildman–Crippen MR) is 84.7 cm³/mol. The van der Waals surface area contributed by atoms with Crippen LogP contribution in [0, 0.1) is 5.92 Å². The summed E-state index contributed by atoms with van der Waals surface area (Å²) in [5.41, 5.74) is 5.60. The van der Waals surface area contributed by atoms with E-state index in [2.05, 4.69) is 0 Å². The van der Waals surface area contributed by atoms with E-state index < -0.39 is 10.0 Å². The van der Waals surface area contributed by atoms with Gasteiger partial charge in [-0.3, -0.25) is 0 Å². The van der Waals surface area contributed by atoms with Gasteiger partial charge in [-0.15, -0.1) is 0 Å². The fraction of sp³-hybridized carbons (Fsp3) is 0.600. The minimum atomic E-state index is -3.51. The van der Waals surface area contributed by atoms with E-state index in [1.807, 2.05) is 0 Å². The van der Waals surface area contributed by atoms with Crippen LogP contribution in [0.5, 0.6) is 11.5 Å². The van der Waals surface area contributed by atoms with E-state index in [4.69, 9.17) is 15.2 Å². The van der Waals surface area contributed by atoms with Gasteiger partial charge < -0.3 is 15.2 Å². The summed E-state index contributed by atoms with van der Waals surface area (Å²) in [4.78, 5) is 0.235. The van der Waals surface area contributed by atoms with E-state index in [1.165, 1.54) is 20.3 Å². The summed E-state index contributed by atoms with van der Waals surface area (Å²) >= 11 is 0. The molecule has 1 unspecified atom stereocenters. The summed E-state index contributed by atoms with van der Waals surface area (Å²) in [6.07, 6.45) is 2.77. The molecule has 6 nitrogen and oxygen atoms in total. The van der Waals surface area contributed by atoms with E-state index in [1.54, 1.807) is 16.4 Å². The smallest absolute Gasteiger partial charge is 0.243 e. The Balaban J connectivity index is 2.26. The molecule has 0 radical (unpaired) electrons. The standard InChI is InChI=1S/C15H24N2O4S/c1-20-14-6-5-13(10-15(14)21-2)22(18,19)17-9-3-4-12(11-17)7-8-16/h5-6,10,12H,3-4,7-9,11,16H2,1-2H3. The van der Waals surface area contributed by atoms with Crippen LogP contribution in [0.4, 0.5) is 0 Å². The molecule has 0 amide bonds. The molecule has 1 saturated heterocycles.